The molecule has 2 fully saturated rings. The van der Waals surface area contributed by atoms with Gasteiger partial charge in [-0.25, -0.2) is 0 Å². The Morgan fingerprint density at radius 3 is 2.95 bits per heavy atom. The normalized spacial score (nSPS) is 25.4. The Kier molecular flexibility index (Phi) is 4.36. The summed E-state index contributed by atoms with van der Waals surface area (Å²) in [5.74, 6) is -0.0829. The van der Waals surface area contributed by atoms with E-state index in [9.17, 15) is 4.79 Å². The first-order chi connectivity index (χ1) is 10.2. The third-order valence-electron chi connectivity index (χ3n) is 4.65. The zero-order valence-electron chi connectivity index (χ0n) is 12.4. The van der Waals surface area contributed by atoms with Gasteiger partial charge in [-0.05, 0) is 44.0 Å². The third-order valence-corrected chi connectivity index (χ3v) is 4.98. The van der Waals surface area contributed by atoms with Crippen LogP contribution in [0.2, 0.25) is 5.02 Å². The number of carbonyl (C=O) groups excluding carboxylic acids is 1. The van der Waals surface area contributed by atoms with Crippen molar-refractivity contribution in [3.63, 3.8) is 0 Å². The molecule has 21 heavy (non-hydrogen) atoms. The van der Waals surface area contributed by atoms with Crippen molar-refractivity contribution < 1.29 is 4.79 Å². The van der Waals surface area contributed by atoms with Crippen molar-refractivity contribution in [2.75, 3.05) is 25.5 Å². The molecule has 0 aromatic heterocycles. The number of nitrogens with one attached hydrogen (secondary N) is 2. The van der Waals surface area contributed by atoms with Crippen LogP contribution in [0.15, 0.2) is 18.2 Å². The van der Waals surface area contributed by atoms with Crippen LogP contribution in [0.4, 0.5) is 5.69 Å². The zero-order chi connectivity index (χ0) is 14.8. The summed E-state index contributed by atoms with van der Waals surface area (Å²) in [7, 11) is 1.64. The van der Waals surface area contributed by atoms with Crippen LogP contribution in [0.1, 0.15) is 36.0 Å². The maximum Gasteiger partial charge on any atom is 0.251 e. The van der Waals surface area contributed by atoms with Gasteiger partial charge in [0.15, 0.2) is 0 Å². The molecule has 2 unspecified atom stereocenters. The molecule has 0 bridgehead atoms. The Balaban J connectivity index is 1.76. The molecule has 3 rings (SSSR count). The van der Waals surface area contributed by atoms with Gasteiger partial charge < -0.3 is 10.6 Å². The number of benzene rings is 1. The summed E-state index contributed by atoms with van der Waals surface area (Å²) in [4.78, 5) is 14.3. The molecule has 1 aromatic rings. The summed E-state index contributed by atoms with van der Waals surface area (Å²) in [6.45, 7) is 2.38. The summed E-state index contributed by atoms with van der Waals surface area (Å²) in [6.07, 6.45) is 5.02. The fraction of sp³-hybridized carbons (Fsp3) is 0.562. The molecule has 0 spiro atoms. The van der Waals surface area contributed by atoms with E-state index >= 15 is 0 Å². The highest BCUT2D eigenvalue weighted by atomic mass is 35.5. The number of hydrogen-bond donors (Lipinski definition) is 2. The third kappa shape index (κ3) is 3.01. The molecule has 2 saturated heterocycles. The molecule has 2 aliphatic heterocycles. The SMILES string of the molecule is CNC(=O)c1ccc(Cl)c(NC2CCN3CCCCC23)c1. The molecule has 2 heterocycles. The number of nitrogens with zero attached hydrogens (tertiary/aromatic N) is 1. The Hall–Kier alpha value is -1.26. The van der Waals surface area contributed by atoms with Crippen LogP contribution in [0.25, 0.3) is 0 Å². The van der Waals surface area contributed by atoms with Crippen LogP contribution in [0, 0.1) is 0 Å². The maximum atomic E-state index is 11.8. The number of anilines is 1. The fourth-order valence-electron chi connectivity index (χ4n) is 3.54. The second kappa shape index (κ2) is 6.24. The standard InChI is InChI=1S/C16H22ClN3O/c1-18-16(21)11-5-6-12(17)14(10-11)19-13-7-9-20-8-3-2-4-15(13)20/h5-6,10,13,15,19H,2-4,7-9H2,1H3,(H,18,21). The topological polar surface area (TPSA) is 44.4 Å². The molecular weight excluding hydrogens is 286 g/mol. The Morgan fingerprint density at radius 1 is 1.29 bits per heavy atom. The Bertz CT molecular complexity index is 534. The number of halogens is 1. The molecular formula is C16H22ClN3O. The minimum absolute atomic E-state index is 0.0829. The molecule has 2 N–H and O–H groups in total. The molecule has 0 radical (unpaired) electrons. The van der Waals surface area contributed by atoms with Crippen molar-refractivity contribution in [2.24, 2.45) is 0 Å². The average molecular weight is 308 g/mol. The van der Waals surface area contributed by atoms with Crippen molar-refractivity contribution in [1.82, 2.24) is 10.2 Å². The molecule has 2 atom stereocenters. The second-order valence-corrected chi connectivity index (χ2v) is 6.32. The summed E-state index contributed by atoms with van der Waals surface area (Å²) in [6, 6.07) is 6.45. The lowest BCUT2D eigenvalue weighted by Gasteiger charge is -2.33. The van der Waals surface area contributed by atoms with Crippen molar-refractivity contribution in [2.45, 2.75) is 37.8 Å². The largest absolute Gasteiger partial charge is 0.379 e. The van der Waals surface area contributed by atoms with E-state index < -0.39 is 0 Å². The first-order valence-corrected chi connectivity index (χ1v) is 8.09. The molecule has 0 saturated carbocycles. The molecule has 114 valence electrons. The summed E-state index contributed by atoms with van der Waals surface area (Å²) in [5, 5.41) is 6.90. The monoisotopic (exact) mass is 307 g/mol. The van der Waals surface area contributed by atoms with Gasteiger partial charge in [0.05, 0.1) is 10.7 Å². The smallest absolute Gasteiger partial charge is 0.251 e. The van der Waals surface area contributed by atoms with E-state index in [-0.39, 0.29) is 5.91 Å². The van der Waals surface area contributed by atoms with E-state index in [0.717, 1.165) is 18.7 Å². The van der Waals surface area contributed by atoms with Crippen LogP contribution in [0.5, 0.6) is 0 Å². The van der Waals surface area contributed by atoms with Crippen molar-refractivity contribution in [3.8, 4) is 0 Å². The maximum absolute atomic E-state index is 11.8. The minimum atomic E-state index is -0.0829. The van der Waals surface area contributed by atoms with Gasteiger partial charge in [-0.1, -0.05) is 18.0 Å². The molecule has 1 aromatic carbocycles. The van der Waals surface area contributed by atoms with Gasteiger partial charge in [0.2, 0.25) is 0 Å². The number of carbonyl (C=O) groups is 1. The van der Waals surface area contributed by atoms with Gasteiger partial charge in [0.1, 0.15) is 0 Å². The number of piperidine rings is 1. The predicted octanol–water partition coefficient (Wildman–Crippen LogP) is 2.74. The lowest BCUT2D eigenvalue weighted by atomic mass is 9.98. The van der Waals surface area contributed by atoms with E-state index in [1.54, 1.807) is 19.2 Å². The zero-order valence-corrected chi connectivity index (χ0v) is 13.1. The van der Waals surface area contributed by atoms with E-state index in [4.69, 9.17) is 11.6 Å². The van der Waals surface area contributed by atoms with E-state index in [1.165, 1.54) is 25.8 Å². The molecule has 0 aliphatic carbocycles. The van der Waals surface area contributed by atoms with Crippen molar-refractivity contribution >= 4 is 23.2 Å². The van der Waals surface area contributed by atoms with Crippen LogP contribution in [0.3, 0.4) is 0 Å². The summed E-state index contributed by atoms with van der Waals surface area (Å²) in [5.41, 5.74) is 1.51. The highest BCUT2D eigenvalue weighted by molar-refractivity contribution is 6.33. The Morgan fingerprint density at radius 2 is 2.14 bits per heavy atom. The minimum Gasteiger partial charge on any atom is -0.379 e. The lowest BCUT2D eigenvalue weighted by molar-refractivity contribution is 0.0963. The second-order valence-electron chi connectivity index (χ2n) is 5.91. The van der Waals surface area contributed by atoms with Crippen LogP contribution in [-0.4, -0.2) is 43.0 Å². The van der Waals surface area contributed by atoms with Crippen molar-refractivity contribution in [1.29, 1.82) is 0 Å². The van der Waals surface area contributed by atoms with Gasteiger partial charge in [-0.3, -0.25) is 9.69 Å². The first-order valence-electron chi connectivity index (χ1n) is 7.71. The average Bonchev–Trinajstić information content (AvgIpc) is 2.92. The quantitative estimate of drug-likeness (QED) is 0.902. The first kappa shape index (κ1) is 14.7. The highest BCUT2D eigenvalue weighted by Crippen LogP contribution is 2.31. The predicted molar refractivity (Wildman–Crippen MR) is 86.1 cm³/mol. The van der Waals surface area contributed by atoms with Gasteiger partial charge in [0.25, 0.3) is 5.91 Å². The van der Waals surface area contributed by atoms with Crippen LogP contribution in [-0.2, 0) is 0 Å². The fourth-order valence-corrected chi connectivity index (χ4v) is 3.71. The number of hydrogen-bond acceptors (Lipinski definition) is 3. The van der Waals surface area contributed by atoms with E-state index in [0.29, 0.717) is 22.7 Å². The molecule has 1 amide bonds. The van der Waals surface area contributed by atoms with Crippen LogP contribution >= 0.6 is 11.6 Å². The van der Waals surface area contributed by atoms with Crippen LogP contribution < -0.4 is 10.6 Å². The van der Waals surface area contributed by atoms with E-state index in [1.807, 2.05) is 6.07 Å². The van der Waals surface area contributed by atoms with Gasteiger partial charge >= 0.3 is 0 Å². The molecule has 2 aliphatic rings. The molecule has 5 heteroatoms. The summed E-state index contributed by atoms with van der Waals surface area (Å²) >= 11 is 6.29. The number of amides is 1. The van der Waals surface area contributed by atoms with Crippen molar-refractivity contribution in [3.05, 3.63) is 28.8 Å². The van der Waals surface area contributed by atoms with Gasteiger partial charge in [-0.2, -0.15) is 0 Å². The van der Waals surface area contributed by atoms with Gasteiger partial charge in [-0.15, -0.1) is 0 Å². The number of rotatable bonds is 3. The number of fused-ring (bicyclic) bond motifs is 1. The molecule has 4 nitrogen and oxygen atoms in total. The Labute approximate surface area is 130 Å². The highest BCUT2D eigenvalue weighted by Gasteiger charge is 2.35. The van der Waals surface area contributed by atoms with E-state index in [2.05, 4.69) is 15.5 Å². The van der Waals surface area contributed by atoms with Gasteiger partial charge in [0, 0.05) is 31.2 Å². The summed E-state index contributed by atoms with van der Waals surface area (Å²) < 4.78 is 0. The lowest BCUT2D eigenvalue weighted by Crippen LogP contribution is -2.41.